The van der Waals surface area contributed by atoms with Crippen molar-refractivity contribution in [3.05, 3.63) is 210 Å². The van der Waals surface area contributed by atoms with Crippen molar-refractivity contribution >= 4 is 11.5 Å². The van der Waals surface area contributed by atoms with Crippen LogP contribution >= 0.6 is 0 Å². The molecule has 0 saturated heterocycles. The van der Waals surface area contributed by atoms with Gasteiger partial charge in [-0.05, 0) is 77.9 Å². The zero-order valence-electron chi connectivity index (χ0n) is 31.7. The van der Waals surface area contributed by atoms with E-state index in [1.54, 1.807) is 0 Å². The highest BCUT2D eigenvalue weighted by atomic mass is 15.0. The quantitative estimate of drug-likeness (QED) is 0.110. The highest BCUT2D eigenvalue weighted by molar-refractivity contribution is 6.12. The fourth-order valence-electron chi connectivity index (χ4n) is 6.78. The van der Waals surface area contributed by atoms with Gasteiger partial charge in [0.1, 0.15) is 0 Å². The van der Waals surface area contributed by atoms with Gasteiger partial charge in [0.2, 0.25) is 0 Å². The van der Waals surface area contributed by atoms with Gasteiger partial charge in [-0.2, -0.15) is 0 Å². The van der Waals surface area contributed by atoms with E-state index >= 15 is 0 Å². The molecule has 1 atom stereocenters. The standard InChI is InChI=1S/C51H41N5/c1-35-30-31-46(51-55-48(41-24-14-7-15-25-41)54-50(56-51)44-28-16-26-42(32-44)40-22-12-6-13-23-40)34-47(35)43-27-17-29-45(33-43)49(52-36(2)38-18-8-4-9-19-38)53-37(3)39-20-10-5-11-21-39/h4-34,36H,1-3H3. The number of hydrogen-bond donors (Lipinski definition) is 0. The van der Waals surface area contributed by atoms with Crippen LogP contribution in [-0.2, 0) is 0 Å². The molecule has 5 nitrogen and oxygen atoms in total. The zero-order valence-corrected chi connectivity index (χ0v) is 31.7. The smallest absolute Gasteiger partial charge is 0.164 e. The van der Waals surface area contributed by atoms with Crippen LogP contribution in [-0.4, -0.2) is 26.5 Å². The molecule has 0 radical (unpaired) electrons. The van der Waals surface area contributed by atoms with Gasteiger partial charge >= 0.3 is 0 Å². The molecule has 0 fully saturated rings. The van der Waals surface area contributed by atoms with Gasteiger partial charge in [-0.15, -0.1) is 0 Å². The molecular formula is C51H41N5. The molecule has 1 heterocycles. The lowest BCUT2D eigenvalue weighted by atomic mass is 9.96. The van der Waals surface area contributed by atoms with E-state index in [1.165, 1.54) is 0 Å². The summed E-state index contributed by atoms with van der Waals surface area (Å²) in [5, 5.41) is 0. The van der Waals surface area contributed by atoms with Crippen molar-refractivity contribution in [3.8, 4) is 56.4 Å². The van der Waals surface area contributed by atoms with Crippen molar-refractivity contribution in [2.45, 2.75) is 26.8 Å². The number of nitrogens with zero attached hydrogens (tertiary/aromatic N) is 5. The normalized spacial score (nSPS) is 12.3. The summed E-state index contributed by atoms with van der Waals surface area (Å²) in [7, 11) is 0. The summed E-state index contributed by atoms with van der Waals surface area (Å²) >= 11 is 0. The lowest BCUT2D eigenvalue weighted by Gasteiger charge is -2.14. The molecule has 0 spiro atoms. The van der Waals surface area contributed by atoms with E-state index in [0.717, 1.165) is 66.9 Å². The minimum Gasteiger partial charge on any atom is -0.258 e. The largest absolute Gasteiger partial charge is 0.258 e. The van der Waals surface area contributed by atoms with E-state index in [-0.39, 0.29) is 6.04 Å². The van der Waals surface area contributed by atoms with Crippen molar-refractivity contribution in [2.24, 2.45) is 9.98 Å². The molecule has 270 valence electrons. The van der Waals surface area contributed by atoms with E-state index in [1.807, 2.05) is 67.6 Å². The predicted octanol–water partition coefficient (Wildman–Crippen LogP) is 12.5. The third-order valence-electron chi connectivity index (χ3n) is 9.89. The Kier molecular flexibility index (Phi) is 10.6. The maximum atomic E-state index is 5.21. The third-order valence-corrected chi connectivity index (χ3v) is 9.89. The van der Waals surface area contributed by atoms with Crippen molar-refractivity contribution in [3.63, 3.8) is 0 Å². The Labute approximate surface area is 328 Å². The number of aryl methyl sites for hydroxylation is 1. The first kappa shape index (κ1) is 35.9. The number of aromatic nitrogens is 3. The maximum absolute atomic E-state index is 5.21. The monoisotopic (exact) mass is 723 g/mol. The van der Waals surface area contributed by atoms with Gasteiger partial charge in [-0.25, -0.2) is 19.9 Å². The van der Waals surface area contributed by atoms with Crippen LogP contribution < -0.4 is 0 Å². The summed E-state index contributed by atoms with van der Waals surface area (Å²) < 4.78 is 0. The van der Waals surface area contributed by atoms with Gasteiger partial charge in [0.15, 0.2) is 23.3 Å². The molecule has 1 unspecified atom stereocenters. The minimum absolute atomic E-state index is 0.0857. The average Bonchev–Trinajstić information content (AvgIpc) is 3.27. The average molecular weight is 724 g/mol. The Bertz CT molecular complexity index is 2650. The molecule has 0 aliphatic carbocycles. The fraction of sp³-hybridized carbons (Fsp3) is 0.0784. The van der Waals surface area contributed by atoms with Crippen molar-refractivity contribution in [1.82, 2.24) is 15.0 Å². The topological polar surface area (TPSA) is 63.4 Å². The van der Waals surface area contributed by atoms with Crippen LogP contribution in [0.15, 0.2) is 198 Å². The molecule has 56 heavy (non-hydrogen) atoms. The first-order chi connectivity index (χ1) is 27.5. The highest BCUT2D eigenvalue weighted by Crippen LogP contribution is 2.32. The van der Waals surface area contributed by atoms with Crippen molar-refractivity contribution in [2.75, 3.05) is 0 Å². The van der Waals surface area contributed by atoms with Gasteiger partial charge in [0.05, 0.1) is 6.04 Å². The van der Waals surface area contributed by atoms with Gasteiger partial charge in [-0.3, -0.25) is 4.99 Å². The second-order valence-corrected chi connectivity index (χ2v) is 13.8. The van der Waals surface area contributed by atoms with Crippen LogP contribution in [0.4, 0.5) is 0 Å². The molecule has 0 bridgehead atoms. The Morgan fingerprint density at radius 2 is 0.946 bits per heavy atom. The summed E-state index contributed by atoms with van der Waals surface area (Å²) in [5.41, 5.74) is 12.3. The molecule has 7 aromatic carbocycles. The van der Waals surface area contributed by atoms with Crippen LogP contribution in [0.5, 0.6) is 0 Å². The van der Waals surface area contributed by atoms with E-state index < -0.39 is 0 Å². The number of benzene rings is 7. The maximum Gasteiger partial charge on any atom is 0.164 e. The zero-order chi connectivity index (χ0) is 38.3. The van der Waals surface area contributed by atoms with Crippen LogP contribution in [0.3, 0.4) is 0 Å². The van der Waals surface area contributed by atoms with Gasteiger partial charge in [-0.1, -0.05) is 170 Å². The molecule has 0 amide bonds. The van der Waals surface area contributed by atoms with E-state index in [4.69, 9.17) is 24.9 Å². The summed E-state index contributed by atoms with van der Waals surface area (Å²) in [6, 6.07) is 64.3. The molecule has 0 N–H and O–H groups in total. The predicted molar refractivity (Wildman–Crippen MR) is 232 cm³/mol. The van der Waals surface area contributed by atoms with Crippen LogP contribution in [0, 0.1) is 6.92 Å². The first-order valence-electron chi connectivity index (χ1n) is 18.9. The van der Waals surface area contributed by atoms with E-state index in [0.29, 0.717) is 23.3 Å². The second kappa shape index (κ2) is 16.5. The van der Waals surface area contributed by atoms with Crippen LogP contribution in [0.2, 0.25) is 0 Å². The molecule has 8 aromatic rings. The number of hydrogen-bond acceptors (Lipinski definition) is 4. The summed E-state index contributed by atoms with van der Waals surface area (Å²) in [6.07, 6.45) is 0. The summed E-state index contributed by atoms with van der Waals surface area (Å²) in [5.74, 6) is 2.54. The SMILES string of the molecule is CC(=NC(=NC(C)c1ccccc1)c1cccc(-c2cc(-c3nc(-c4ccccc4)nc(-c4cccc(-c5ccccc5)c4)n3)ccc2C)c1)c1ccccc1. The Balaban J connectivity index is 1.21. The molecule has 5 heteroatoms. The fourth-order valence-corrected chi connectivity index (χ4v) is 6.78. The third kappa shape index (κ3) is 8.18. The Hall–Kier alpha value is -7.11. The molecule has 0 aliphatic rings. The molecule has 8 rings (SSSR count). The van der Waals surface area contributed by atoms with Gasteiger partial charge in [0.25, 0.3) is 0 Å². The lowest BCUT2D eigenvalue weighted by Crippen LogP contribution is -2.06. The Morgan fingerprint density at radius 3 is 1.62 bits per heavy atom. The lowest BCUT2D eigenvalue weighted by molar-refractivity contribution is 0.818. The number of rotatable bonds is 9. The van der Waals surface area contributed by atoms with Gasteiger partial charge < -0.3 is 0 Å². The molecule has 0 saturated carbocycles. The van der Waals surface area contributed by atoms with Gasteiger partial charge in [0, 0.05) is 28.0 Å². The van der Waals surface area contributed by atoms with Crippen molar-refractivity contribution < 1.29 is 0 Å². The number of amidine groups is 1. The van der Waals surface area contributed by atoms with E-state index in [9.17, 15) is 0 Å². The first-order valence-corrected chi connectivity index (χ1v) is 18.9. The van der Waals surface area contributed by atoms with Crippen molar-refractivity contribution in [1.29, 1.82) is 0 Å². The van der Waals surface area contributed by atoms with Crippen LogP contribution in [0.1, 0.15) is 42.1 Å². The molecule has 0 aliphatic heterocycles. The highest BCUT2D eigenvalue weighted by Gasteiger charge is 2.16. The summed E-state index contributed by atoms with van der Waals surface area (Å²) in [6.45, 7) is 6.30. The number of aliphatic imine (C=N–C) groups is 2. The molecule has 1 aromatic heterocycles. The Morgan fingerprint density at radius 1 is 0.446 bits per heavy atom. The van der Waals surface area contributed by atoms with Crippen LogP contribution in [0.25, 0.3) is 56.4 Å². The minimum atomic E-state index is -0.0857. The molecular weight excluding hydrogens is 683 g/mol. The second-order valence-electron chi connectivity index (χ2n) is 13.8. The van der Waals surface area contributed by atoms with E-state index in [2.05, 4.69) is 141 Å². The summed E-state index contributed by atoms with van der Waals surface area (Å²) in [4.78, 5) is 25.5.